The highest BCUT2D eigenvalue weighted by Crippen LogP contribution is 2.39. The number of hydrogen-bond donors (Lipinski definition) is 1. The average molecular weight is 557 g/mol. The number of Topliss-reactive ketones (excluding diaryl/α,β-unsaturated/α-hetero) is 1. The third-order valence-electron chi connectivity index (χ3n) is 6.99. The van der Waals surface area contributed by atoms with Crippen molar-refractivity contribution in [2.75, 3.05) is 30.2 Å². The van der Waals surface area contributed by atoms with Crippen LogP contribution in [0.3, 0.4) is 0 Å². The van der Waals surface area contributed by atoms with Crippen molar-refractivity contribution in [3.05, 3.63) is 69.8 Å². The molecule has 1 aliphatic carbocycles. The number of halogens is 2. The van der Waals surface area contributed by atoms with E-state index in [1.54, 1.807) is 18.2 Å². The third kappa shape index (κ3) is 5.48. The number of aromatic nitrogens is 2. The minimum absolute atomic E-state index is 0.0914. The maximum atomic E-state index is 13.1. The molecule has 0 radical (unpaired) electrons. The molecule has 3 aromatic rings. The molecule has 5 rings (SSSR count). The van der Waals surface area contributed by atoms with E-state index < -0.39 is 0 Å². The van der Waals surface area contributed by atoms with Crippen molar-refractivity contribution in [2.45, 2.75) is 36.8 Å². The number of fused-ring (bicyclic) bond motifs is 1. The molecule has 1 N–H and O–H groups in total. The molecule has 37 heavy (non-hydrogen) atoms. The molecule has 10 heteroatoms. The van der Waals surface area contributed by atoms with Crippen molar-refractivity contribution in [1.82, 2.24) is 14.9 Å². The Hall–Kier alpha value is -2.65. The first-order valence-corrected chi connectivity index (χ1v) is 13.9. The Morgan fingerprint density at radius 3 is 2.38 bits per heavy atom. The van der Waals surface area contributed by atoms with Crippen LogP contribution in [0.5, 0.6) is 0 Å². The summed E-state index contributed by atoms with van der Waals surface area (Å²) in [5.41, 5.74) is 2.37. The molecule has 1 aliphatic heterocycles. The quantitative estimate of drug-likeness (QED) is 0.273. The number of para-hydroxylation sites is 1. The second kappa shape index (κ2) is 11.0. The molecule has 1 fully saturated rings. The van der Waals surface area contributed by atoms with Gasteiger partial charge >= 0.3 is 0 Å². The van der Waals surface area contributed by atoms with Crippen molar-refractivity contribution in [2.24, 2.45) is 5.92 Å². The summed E-state index contributed by atoms with van der Waals surface area (Å²) in [4.78, 5) is 38.8. The van der Waals surface area contributed by atoms with Gasteiger partial charge in [0.15, 0.2) is 5.78 Å². The van der Waals surface area contributed by atoms with Crippen LogP contribution in [0.25, 0.3) is 0 Å². The largest absolute Gasteiger partial charge is 0.324 e. The predicted octanol–water partition coefficient (Wildman–Crippen LogP) is 6.54. The molecule has 0 spiro atoms. The summed E-state index contributed by atoms with van der Waals surface area (Å²) >= 11 is 14.0. The Bertz CT molecular complexity index is 1310. The first-order chi connectivity index (χ1) is 17.8. The molecule has 0 bridgehead atoms. The average Bonchev–Trinajstić information content (AvgIpc) is 2.90. The number of anilines is 3. The lowest BCUT2D eigenvalue weighted by atomic mass is 9.81. The molecule has 1 saturated carbocycles. The molecule has 0 unspecified atom stereocenters. The van der Waals surface area contributed by atoms with Crippen LogP contribution < -0.4 is 10.2 Å². The highest BCUT2D eigenvalue weighted by atomic mass is 35.5. The molecule has 2 heterocycles. The number of nitrogens with one attached hydrogen (secondary N) is 1. The summed E-state index contributed by atoms with van der Waals surface area (Å²) in [5, 5.41) is 4.58. The number of amides is 1. The minimum atomic E-state index is -0.252. The van der Waals surface area contributed by atoms with Crippen molar-refractivity contribution >= 4 is 64.0 Å². The van der Waals surface area contributed by atoms with Gasteiger partial charge in [-0.2, -0.15) is 0 Å². The van der Waals surface area contributed by atoms with Crippen LogP contribution in [0.2, 0.25) is 10.0 Å². The van der Waals surface area contributed by atoms with E-state index in [-0.39, 0.29) is 17.6 Å². The third-order valence-corrected chi connectivity index (χ3v) is 8.57. The summed E-state index contributed by atoms with van der Waals surface area (Å²) in [6.07, 6.45) is 5.49. The van der Waals surface area contributed by atoms with E-state index in [0.717, 1.165) is 36.9 Å². The van der Waals surface area contributed by atoms with Crippen LogP contribution in [0.15, 0.2) is 53.7 Å². The SMILES string of the molecule is CN(C)C1CCC(C(=O)c2ccc(Nc3ncc4c(n3)SCN(c3c(Cl)cccc3Cl)C4=O)cc2)CC1. The molecule has 2 aromatic carbocycles. The van der Waals surface area contributed by atoms with Crippen LogP contribution in [0.1, 0.15) is 46.4 Å². The number of thioether (sulfide) groups is 1. The molecule has 2 aliphatic rings. The zero-order valence-electron chi connectivity index (χ0n) is 20.6. The molecule has 0 atom stereocenters. The fraction of sp³-hybridized carbons (Fsp3) is 0.333. The van der Waals surface area contributed by atoms with Gasteiger partial charge in [-0.1, -0.05) is 41.0 Å². The van der Waals surface area contributed by atoms with E-state index >= 15 is 0 Å². The second-order valence-corrected chi connectivity index (χ2v) is 11.3. The van der Waals surface area contributed by atoms with Gasteiger partial charge in [0, 0.05) is 29.4 Å². The summed E-state index contributed by atoms with van der Waals surface area (Å²) in [7, 11) is 4.21. The maximum absolute atomic E-state index is 13.1. The molecule has 7 nitrogen and oxygen atoms in total. The van der Waals surface area contributed by atoms with Crippen LogP contribution in [-0.2, 0) is 0 Å². The zero-order chi connectivity index (χ0) is 26.1. The molecule has 1 aromatic heterocycles. The molecule has 0 saturated heterocycles. The van der Waals surface area contributed by atoms with E-state index in [2.05, 4.69) is 34.3 Å². The van der Waals surface area contributed by atoms with Gasteiger partial charge in [-0.25, -0.2) is 9.97 Å². The molecule has 192 valence electrons. The number of rotatable bonds is 6. The standard InChI is InChI=1S/C27H27Cl2N5O2S/c1-33(2)19-12-8-17(9-13-19)24(35)16-6-10-18(11-7-16)31-27-30-14-20-25(32-27)37-15-34(26(20)36)23-21(28)4-3-5-22(23)29/h3-7,10-11,14,17,19H,8-9,12-13,15H2,1-2H3,(H,30,31,32). The first kappa shape index (κ1) is 26.0. The minimum Gasteiger partial charge on any atom is -0.324 e. The van der Waals surface area contributed by atoms with Gasteiger partial charge in [-0.05, 0) is 76.2 Å². The van der Waals surface area contributed by atoms with Gasteiger partial charge in [0.2, 0.25) is 5.95 Å². The van der Waals surface area contributed by atoms with Crippen LogP contribution in [0, 0.1) is 5.92 Å². The van der Waals surface area contributed by atoms with Crippen molar-refractivity contribution in [1.29, 1.82) is 0 Å². The van der Waals surface area contributed by atoms with Crippen molar-refractivity contribution in [3.63, 3.8) is 0 Å². The Balaban J connectivity index is 1.25. The van der Waals surface area contributed by atoms with Crippen molar-refractivity contribution < 1.29 is 9.59 Å². The van der Waals surface area contributed by atoms with Crippen LogP contribution in [-0.4, -0.2) is 52.6 Å². The number of hydrogen-bond acceptors (Lipinski definition) is 7. The van der Waals surface area contributed by atoms with Crippen LogP contribution in [0.4, 0.5) is 17.3 Å². The van der Waals surface area contributed by atoms with Gasteiger partial charge < -0.3 is 10.2 Å². The lowest BCUT2D eigenvalue weighted by molar-refractivity contribution is 0.0855. The fourth-order valence-electron chi connectivity index (χ4n) is 4.86. The number of carbonyl (C=O) groups excluding carboxylic acids is 2. The molecular weight excluding hydrogens is 529 g/mol. The summed E-state index contributed by atoms with van der Waals surface area (Å²) in [6, 6.07) is 13.1. The van der Waals surface area contributed by atoms with Gasteiger partial charge in [0.25, 0.3) is 5.91 Å². The number of carbonyl (C=O) groups is 2. The zero-order valence-corrected chi connectivity index (χ0v) is 22.9. The topological polar surface area (TPSA) is 78.4 Å². The number of nitrogens with zero attached hydrogens (tertiary/aromatic N) is 4. The predicted molar refractivity (Wildman–Crippen MR) is 150 cm³/mol. The second-order valence-electron chi connectivity index (χ2n) is 9.52. The van der Waals surface area contributed by atoms with Crippen LogP contribution >= 0.6 is 35.0 Å². The fourth-order valence-corrected chi connectivity index (χ4v) is 6.41. The van der Waals surface area contributed by atoms with E-state index in [1.807, 2.05) is 24.3 Å². The number of benzene rings is 2. The lowest BCUT2D eigenvalue weighted by Gasteiger charge is -2.32. The lowest BCUT2D eigenvalue weighted by Crippen LogP contribution is -2.35. The van der Waals surface area contributed by atoms with Gasteiger partial charge in [-0.15, -0.1) is 0 Å². The normalized spacial score (nSPS) is 19.6. The van der Waals surface area contributed by atoms with E-state index in [0.29, 0.717) is 44.2 Å². The highest BCUT2D eigenvalue weighted by molar-refractivity contribution is 7.99. The van der Waals surface area contributed by atoms with Gasteiger partial charge in [0.05, 0.1) is 27.2 Å². The van der Waals surface area contributed by atoms with E-state index in [1.165, 1.54) is 22.9 Å². The van der Waals surface area contributed by atoms with Crippen molar-refractivity contribution in [3.8, 4) is 0 Å². The Morgan fingerprint density at radius 1 is 1.05 bits per heavy atom. The number of ketones is 1. The Morgan fingerprint density at radius 2 is 1.73 bits per heavy atom. The highest BCUT2D eigenvalue weighted by Gasteiger charge is 2.31. The summed E-state index contributed by atoms with van der Waals surface area (Å²) in [6.45, 7) is 0. The van der Waals surface area contributed by atoms with E-state index in [9.17, 15) is 9.59 Å². The van der Waals surface area contributed by atoms with Gasteiger partial charge in [-0.3, -0.25) is 14.5 Å². The smallest absolute Gasteiger partial charge is 0.263 e. The molecule has 1 amide bonds. The molecular formula is C27H27Cl2N5O2S. The van der Waals surface area contributed by atoms with E-state index in [4.69, 9.17) is 23.2 Å². The summed E-state index contributed by atoms with van der Waals surface area (Å²) in [5.74, 6) is 0.765. The monoisotopic (exact) mass is 555 g/mol. The maximum Gasteiger partial charge on any atom is 0.263 e. The Labute approximate surface area is 230 Å². The Kier molecular flexibility index (Phi) is 7.72. The first-order valence-electron chi connectivity index (χ1n) is 12.1. The van der Waals surface area contributed by atoms with Gasteiger partial charge in [0.1, 0.15) is 5.03 Å². The summed E-state index contributed by atoms with van der Waals surface area (Å²) < 4.78 is 0.